The lowest BCUT2D eigenvalue weighted by atomic mass is 9.92. The van der Waals surface area contributed by atoms with Gasteiger partial charge in [0, 0.05) is 44.2 Å². The number of aromatic nitrogens is 2. The lowest BCUT2D eigenvalue weighted by Crippen LogP contribution is -2.41. The predicted octanol–water partition coefficient (Wildman–Crippen LogP) is 4.61. The number of primary amides is 1. The van der Waals surface area contributed by atoms with E-state index in [1.54, 1.807) is 0 Å². The van der Waals surface area contributed by atoms with Crippen molar-refractivity contribution in [3.8, 4) is 6.07 Å². The molecule has 1 saturated heterocycles. The highest BCUT2D eigenvalue weighted by Crippen LogP contribution is 2.38. The number of nitrogens with zero attached hydrogens (tertiary/aromatic N) is 5. The molecule has 0 saturated carbocycles. The molecule has 2 aliphatic rings. The summed E-state index contributed by atoms with van der Waals surface area (Å²) in [5.74, 6) is 0.842. The van der Waals surface area contributed by atoms with Crippen molar-refractivity contribution in [1.29, 1.82) is 5.26 Å². The molecule has 4 heterocycles. The molecule has 2 aliphatic heterocycles. The van der Waals surface area contributed by atoms with Gasteiger partial charge >= 0.3 is 0 Å². The minimum atomic E-state index is -0.206. The van der Waals surface area contributed by atoms with Gasteiger partial charge in [0.05, 0.1) is 16.6 Å². The zero-order valence-corrected chi connectivity index (χ0v) is 21.3. The molecule has 0 spiro atoms. The van der Waals surface area contributed by atoms with Gasteiger partial charge in [-0.1, -0.05) is 49.4 Å². The molecule has 0 bridgehead atoms. The number of rotatable bonds is 5. The molecule has 196 valence electrons. The first-order valence-electron chi connectivity index (χ1n) is 13.2. The van der Waals surface area contributed by atoms with E-state index >= 15 is 0 Å². The van der Waals surface area contributed by atoms with Crippen molar-refractivity contribution in [3.63, 3.8) is 0 Å². The number of aryl methyl sites for hydroxylation is 1. The number of amides is 1. The van der Waals surface area contributed by atoms with Crippen molar-refractivity contribution < 1.29 is 4.79 Å². The van der Waals surface area contributed by atoms with Crippen LogP contribution in [0.15, 0.2) is 48.5 Å². The molecule has 1 amide bonds. The van der Waals surface area contributed by atoms with Gasteiger partial charge < -0.3 is 10.6 Å². The number of imidazole rings is 1. The van der Waals surface area contributed by atoms with E-state index in [9.17, 15) is 10.1 Å². The summed E-state index contributed by atoms with van der Waals surface area (Å²) in [6.07, 6.45) is 3.32. The number of para-hydroxylation sites is 2. The number of hydrogen-bond acceptors (Lipinski definition) is 5. The van der Waals surface area contributed by atoms with Crippen LogP contribution < -0.4 is 10.6 Å². The first-order valence-corrected chi connectivity index (χ1v) is 13.2. The van der Waals surface area contributed by atoms with Gasteiger partial charge in [-0.05, 0) is 55.9 Å². The molecule has 0 radical (unpaired) electrons. The molecule has 0 aliphatic carbocycles. The van der Waals surface area contributed by atoms with E-state index < -0.39 is 0 Å². The molecule has 6 rings (SSSR count). The highest BCUT2D eigenvalue weighted by atomic mass is 16.1. The monoisotopic (exact) mass is 508 g/mol. The number of carbonyl (C=O) groups is 1. The van der Waals surface area contributed by atoms with E-state index in [2.05, 4.69) is 57.5 Å². The number of hydrogen-bond donors (Lipinski definition) is 1. The molecule has 0 unspecified atom stereocenters. The van der Waals surface area contributed by atoms with Crippen molar-refractivity contribution in [1.82, 2.24) is 14.3 Å². The Hall–Kier alpha value is -3.89. The van der Waals surface area contributed by atoms with Crippen LogP contribution in [-0.2, 0) is 24.2 Å². The highest BCUT2D eigenvalue weighted by molar-refractivity contribution is 5.86. The summed E-state index contributed by atoms with van der Waals surface area (Å²) in [5, 5.41) is 10.3. The predicted molar refractivity (Wildman–Crippen MR) is 152 cm³/mol. The smallest absolute Gasteiger partial charge is 0.220 e. The van der Waals surface area contributed by atoms with Gasteiger partial charge in [-0.3, -0.25) is 14.1 Å². The minimum absolute atomic E-state index is 0. The lowest BCUT2D eigenvalue weighted by Gasteiger charge is -2.38. The fourth-order valence-corrected chi connectivity index (χ4v) is 6.04. The Morgan fingerprint density at radius 3 is 2.53 bits per heavy atom. The standard InChI is InChI=1S/C30H32N6O.CH4/c1-20-6-8-21(9-7-20)10-14-34-15-13-23-24(18-31)29-33-26-4-2-3-5-27(26)36(29)30(25(23)19-34)35-16-11-22(12-17-35)28(32)37;/h2-9,22H,10-17,19H2,1H3,(H2,32,37);1H4. The van der Waals surface area contributed by atoms with Crippen molar-refractivity contribution in [2.24, 2.45) is 11.7 Å². The average Bonchev–Trinajstić information content (AvgIpc) is 3.30. The Kier molecular flexibility index (Phi) is 7.09. The Balaban J connectivity index is 0.00000294. The third kappa shape index (κ3) is 4.50. The van der Waals surface area contributed by atoms with Crippen LogP contribution in [0.5, 0.6) is 0 Å². The second-order valence-corrected chi connectivity index (χ2v) is 10.5. The number of nitriles is 1. The number of pyridine rings is 1. The molecular weight excluding hydrogens is 472 g/mol. The summed E-state index contributed by atoms with van der Waals surface area (Å²) in [5.41, 5.74) is 14.0. The zero-order chi connectivity index (χ0) is 25.5. The summed E-state index contributed by atoms with van der Waals surface area (Å²) >= 11 is 0. The Bertz CT molecular complexity index is 1520. The SMILES string of the molecule is C.Cc1ccc(CCN2CCc3c(c(N4CCC(C(N)=O)CC4)n4c(nc5ccccc54)c3C#N)C2)cc1. The van der Waals surface area contributed by atoms with Crippen LogP contribution in [0.3, 0.4) is 0 Å². The van der Waals surface area contributed by atoms with Gasteiger partial charge in [-0.25, -0.2) is 4.98 Å². The van der Waals surface area contributed by atoms with E-state index in [1.165, 1.54) is 16.7 Å². The molecule has 2 aromatic heterocycles. The van der Waals surface area contributed by atoms with Crippen LogP contribution in [0.2, 0.25) is 0 Å². The zero-order valence-electron chi connectivity index (χ0n) is 21.3. The maximum atomic E-state index is 11.9. The van der Waals surface area contributed by atoms with Gasteiger partial charge in [0.15, 0.2) is 5.65 Å². The molecular formula is C31H36N6O. The molecule has 7 heteroatoms. The maximum absolute atomic E-state index is 11.9. The summed E-state index contributed by atoms with van der Waals surface area (Å²) in [6, 6.07) is 19.4. The summed E-state index contributed by atoms with van der Waals surface area (Å²) < 4.78 is 2.20. The summed E-state index contributed by atoms with van der Waals surface area (Å²) in [6.45, 7) is 6.33. The van der Waals surface area contributed by atoms with E-state index in [1.807, 2.05) is 18.2 Å². The minimum Gasteiger partial charge on any atom is -0.369 e. The van der Waals surface area contributed by atoms with E-state index in [-0.39, 0.29) is 19.3 Å². The van der Waals surface area contributed by atoms with Crippen molar-refractivity contribution in [2.75, 3.05) is 31.1 Å². The number of fused-ring (bicyclic) bond motifs is 4. The summed E-state index contributed by atoms with van der Waals surface area (Å²) in [7, 11) is 0. The first-order chi connectivity index (χ1) is 18.0. The second kappa shape index (κ2) is 10.5. The van der Waals surface area contributed by atoms with E-state index in [0.29, 0.717) is 5.56 Å². The van der Waals surface area contributed by atoms with E-state index in [4.69, 9.17) is 10.7 Å². The third-order valence-electron chi connectivity index (χ3n) is 8.14. The Morgan fingerprint density at radius 2 is 1.82 bits per heavy atom. The first kappa shape index (κ1) is 25.7. The van der Waals surface area contributed by atoms with Crippen LogP contribution >= 0.6 is 0 Å². The number of carbonyl (C=O) groups excluding carboxylic acids is 1. The van der Waals surface area contributed by atoms with Crippen LogP contribution in [0.25, 0.3) is 16.7 Å². The van der Waals surface area contributed by atoms with Crippen LogP contribution in [0.4, 0.5) is 5.82 Å². The van der Waals surface area contributed by atoms with Gasteiger partial charge in [0.1, 0.15) is 11.9 Å². The average molecular weight is 509 g/mol. The molecule has 1 fully saturated rings. The van der Waals surface area contributed by atoms with Crippen LogP contribution in [-0.4, -0.2) is 46.4 Å². The molecule has 0 atom stereocenters. The highest BCUT2D eigenvalue weighted by Gasteiger charge is 2.32. The maximum Gasteiger partial charge on any atom is 0.220 e. The molecule has 2 N–H and O–H groups in total. The number of piperidine rings is 1. The largest absolute Gasteiger partial charge is 0.369 e. The second-order valence-electron chi connectivity index (χ2n) is 10.5. The third-order valence-corrected chi connectivity index (χ3v) is 8.14. The van der Waals surface area contributed by atoms with Crippen LogP contribution in [0.1, 0.15) is 48.1 Å². The van der Waals surface area contributed by atoms with Gasteiger partial charge in [-0.2, -0.15) is 5.26 Å². The number of anilines is 1. The van der Waals surface area contributed by atoms with Gasteiger partial charge in [0.2, 0.25) is 5.91 Å². The molecule has 38 heavy (non-hydrogen) atoms. The number of nitrogens with two attached hydrogens (primary N) is 1. The van der Waals surface area contributed by atoms with Crippen LogP contribution in [0, 0.1) is 24.2 Å². The van der Waals surface area contributed by atoms with E-state index in [0.717, 1.165) is 86.5 Å². The fraction of sp³-hybridized carbons (Fsp3) is 0.387. The van der Waals surface area contributed by atoms with Crippen molar-refractivity contribution >= 4 is 28.4 Å². The number of benzene rings is 2. The van der Waals surface area contributed by atoms with Crippen molar-refractivity contribution in [3.05, 3.63) is 76.3 Å². The Morgan fingerprint density at radius 1 is 1.08 bits per heavy atom. The Labute approximate surface area is 224 Å². The van der Waals surface area contributed by atoms with Gasteiger partial charge in [-0.15, -0.1) is 0 Å². The molecule has 4 aromatic rings. The molecule has 7 nitrogen and oxygen atoms in total. The molecule has 2 aromatic carbocycles. The van der Waals surface area contributed by atoms with Crippen molar-refractivity contribution in [2.45, 2.75) is 46.6 Å². The fourth-order valence-electron chi connectivity index (χ4n) is 6.04. The quantitative estimate of drug-likeness (QED) is 0.425. The topological polar surface area (TPSA) is 90.7 Å². The normalized spacial score (nSPS) is 16.3. The lowest BCUT2D eigenvalue weighted by molar-refractivity contribution is -0.122. The summed E-state index contributed by atoms with van der Waals surface area (Å²) in [4.78, 5) is 21.7. The van der Waals surface area contributed by atoms with Gasteiger partial charge in [0.25, 0.3) is 0 Å².